The Balaban J connectivity index is 1.23. The summed E-state index contributed by atoms with van der Waals surface area (Å²) in [5.41, 5.74) is 12.1. The van der Waals surface area contributed by atoms with Crippen LogP contribution >= 0.6 is 0 Å². The van der Waals surface area contributed by atoms with E-state index in [4.69, 9.17) is 0 Å². The van der Waals surface area contributed by atoms with E-state index in [1.54, 1.807) is 0 Å². The number of benzene rings is 7. The number of hydrogen-bond donors (Lipinski definition) is 0. The van der Waals surface area contributed by atoms with Crippen LogP contribution in [-0.4, -0.2) is 9.13 Å². The molecule has 0 bridgehead atoms. The Kier molecular flexibility index (Phi) is 5.54. The molecule has 2 nitrogen and oxygen atoms in total. The average Bonchev–Trinajstić information content (AvgIpc) is 3.61. The van der Waals surface area contributed by atoms with Gasteiger partial charge in [-0.25, -0.2) is 0 Å². The van der Waals surface area contributed by atoms with Gasteiger partial charge in [-0.3, -0.25) is 0 Å². The lowest BCUT2D eigenvalue weighted by Gasteiger charge is -2.11. The van der Waals surface area contributed by atoms with E-state index in [9.17, 15) is 0 Å². The summed E-state index contributed by atoms with van der Waals surface area (Å²) in [4.78, 5) is 0. The van der Waals surface area contributed by atoms with Gasteiger partial charge in [0.1, 0.15) is 0 Å². The van der Waals surface area contributed by atoms with Gasteiger partial charge in [0.25, 0.3) is 0 Å². The van der Waals surface area contributed by atoms with Gasteiger partial charge < -0.3 is 9.13 Å². The second-order valence-electron chi connectivity index (χ2n) is 11.4. The van der Waals surface area contributed by atoms with Crippen molar-refractivity contribution in [2.24, 2.45) is 0 Å². The fourth-order valence-electron chi connectivity index (χ4n) is 6.87. The SMILES string of the molecule is c1ccc(-c2ccc(-n3c4ccccc4c4ccc(-c5ccc6c(c5)c5ccccc5n6-c5ccccc5)cc43)cc2)cc1. The molecule has 44 heavy (non-hydrogen) atoms. The van der Waals surface area contributed by atoms with E-state index in [-0.39, 0.29) is 0 Å². The van der Waals surface area contributed by atoms with Gasteiger partial charge >= 0.3 is 0 Å². The molecule has 7 aromatic carbocycles. The largest absolute Gasteiger partial charge is 0.309 e. The zero-order valence-electron chi connectivity index (χ0n) is 24.1. The molecule has 0 spiro atoms. The highest BCUT2D eigenvalue weighted by Crippen LogP contribution is 2.38. The maximum absolute atomic E-state index is 2.41. The normalized spacial score (nSPS) is 11.6. The summed E-state index contributed by atoms with van der Waals surface area (Å²) in [6.07, 6.45) is 0. The predicted molar refractivity (Wildman–Crippen MR) is 186 cm³/mol. The molecule has 206 valence electrons. The Morgan fingerprint density at radius 2 is 0.705 bits per heavy atom. The van der Waals surface area contributed by atoms with Crippen molar-refractivity contribution < 1.29 is 0 Å². The summed E-state index contributed by atoms with van der Waals surface area (Å²) in [5, 5.41) is 5.06. The van der Waals surface area contributed by atoms with E-state index < -0.39 is 0 Å². The van der Waals surface area contributed by atoms with Crippen LogP contribution in [0.1, 0.15) is 0 Å². The second kappa shape index (κ2) is 9.86. The van der Waals surface area contributed by atoms with Crippen molar-refractivity contribution in [3.05, 3.63) is 170 Å². The molecule has 0 atom stereocenters. The number of nitrogens with zero attached hydrogens (tertiary/aromatic N) is 2. The highest BCUT2D eigenvalue weighted by molar-refractivity contribution is 6.12. The highest BCUT2D eigenvalue weighted by Gasteiger charge is 2.16. The zero-order chi connectivity index (χ0) is 29.0. The molecule has 0 aliphatic rings. The fourth-order valence-corrected chi connectivity index (χ4v) is 6.87. The van der Waals surface area contributed by atoms with E-state index in [0.29, 0.717) is 0 Å². The molecule has 0 saturated carbocycles. The first kappa shape index (κ1) is 24.7. The lowest BCUT2D eigenvalue weighted by atomic mass is 10.0. The Labute approximate surface area is 255 Å². The van der Waals surface area contributed by atoms with Gasteiger partial charge in [-0.15, -0.1) is 0 Å². The van der Waals surface area contributed by atoms with Crippen LogP contribution in [0.2, 0.25) is 0 Å². The zero-order valence-corrected chi connectivity index (χ0v) is 24.1. The molecule has 9 rings (SSSR count). The number of para-hydroxylation sites is 3. The van der Waals surface area contributed by atoms with Crippen molar-refractivity contribution in [3.63, 3.8) is 0 Å². The van der Waals surface area contributed by atoms with E-state index in [2.05, 4.69) is 179 Å². The Morgan fingerprint density at radius 1 is 0.250 bits per heavy atom. The van der Waals surface area contributed by atoms with Crippen LogP contribution in [0.25, 0.3) is 77.2 Å². The van der Waals surface area contributed by atoms with Gasteiger partial charge in [0, 0.05) is 32.9 Å². The molecule has 0 saturated heterocycles. The topological polar surface area (TPSA) is 9.86 Å². The van der Waals surface area contributed by atoms with Gasteiger partial charge in [-0.05, 0) is 76.9 Å². The minimum atomic E-state index is 1.16. The lowest BCUT2D eigenvalue weighted by molar-refractivity contribution is 1.18. The molecule has 0 radical (unpaired) electrons. The monoisotopic (exact) mass is 560 g/mol. The quantitative estimate of drug-likeness (QED) is 0.203. The first-order chi connectivity index (χ1) is 21.8. The van der Waals surface area contributed by atoms with Crippen LogP contribution in [0.15, 0.2) is 170 Å². The van der Waals surface area contributed by atoms with Crippen molar-refractivity contribution >= 4 is 43.6 Å². The summed E-state index contributed by atoms with van der Waals surface area (Å²) >= 11 is 0. The van der Waals surface area contributed by atoms with Crippen LogP contribution < -0.4 is 0 Å². The summed E-state index contributed by atoms with van der Waals surface area (Å²) in [7, 11) is 0. The smallest absolute Gasteiger partial charge is 0.0547 e. The molecule has 0 amide bonds. The molecular formula is C42H28N2. The summed E-state index contributed by atoms with van der Waals surface area (Å²) < 4.78 is 4.78. The molecule has 9 aromatic rings. The Hall–Kier alpha value is -5.86. The minimum Gasteiger partial charge on any atom is -0.309 e. The average molecular weight is 561 g/mol. The van der Waals surface area contributed by atoms with Gasteiger partial charge in [-0.2, -0.15) is 0 Å². The van der Waals surface area contributed by atoms with E-state index in [1.807, 2.05) is 0 Å². The number of fused-ring (bicyclic) bond motifs is 6. The highest BCUT2D eigenvalue weighted by atomic mass is 15.0. The molecule has 2 heterocycles. The van der Waals surface area contributed by atoms with E-state index in [1.165, 1.54) is 71.6 Å². The summed E-state index contributed by atoms with van der Waals surface area (Å²) in [6, 6.07) is 61.4. The van der Waals surface area contributed by atoms with Crippen LogP contribution in [-0.2, 0) is 0 Å². The number of hydrogen-bond acceptors (Lipinski definition) is 0. The minimum absolute atomic E-state index is 1.16. The van der Waals surface area contributed by atoms with Gasteiger partial charge in [0.15, 0.2) is 0 Å². The van der Waals surface area contributed by atoms with Crippen molar-refractivity contribution in [2.45, 2.75) is 0 Å². The van der Waals surface area contributed by atoms with Gasteiger partial charge in [-0.1, -0.05) is 115 Å². The summed E-state index contributed by atoms with van der Waals surface area (Å²) in [6.45, 7) is 0. The van der Waals surface area contributed by atoms with Crippen LogP contribution in [0.5, 0.6) is 0 Å². The van der Waals surface area contributed by atoms with Crippen LogP contribution in [0.4, 0.5) is 0 Å². The molecule has 0 aliphatic carbocycles. The predicted octanol–water partition coefficient (Wildman–Crippen LogP) is 11.2. The molecule has 2 heteroatoms. The summed E-state index contributed by atoms with van der Waals surface area (Å²) in [5.74, 6) is 0. The number of rotatable bonds is 4. The lowest BCUT2D eigenvalue weighted by Crippen LogP contribution is -1.94. The molecule has 0 unspecified atom stereocenters. The first-order valence-electron chi connectivity index (χ1n) is 15.1. The van der Waals surface area contributed by atoms with E-state index >= 15 is 0 Å². The molecular weight excluding hydrogens is 532 g/mol. The molecule has 2 aromatic heterocycles. The van der Waals surface area contributed by atoms with Crippen molar-refractivity contribution in [3.8, 4) is 33.6 Å². The molecule has 0 fully saturated rings. The van der Waals surface area contributed by atoms with E-state index in [0.717, 1.165) is 5.69 Å². The second-order valence-corrected chi connectivity index (χ2v) is 11.4. The molecule has 0 N–H and O–H groups in total. The third kappa shape index (κ3) is 3.82. The van der Waals surface area contributed by atoms with Crippen molar-refractivity contribution in [1.82, 2.24) is 9.13 Å². The van der Waals surface area contributed by atoms with Crippen molar-refractivity contribution in [1.29, 1.82) is 0 Å². The third-order valence-electron chi connectivity index (χ3n) is 8.93. The van der Waals surface area contributed by atoms with Crippen molar-refractivity contribution in [2.75, 3.05) is 0 Å². The van der Waals surface area contributed by atoms with Crippen LogP contribution in [0, 0.1) is 0 Å². The maximum atomic E-state index is 2.41. The first-order valence-corrected chi connectivity index (χ1v) is 15.1. The Morgan fingerprint density at radius 3 is 1.43 bits per heavy atom. The van der Waals surface area contributed by atoms with Gasteiger partial charge in [0.2, 0.25) is 0 Å². The van der Waals surface area contributed by atoms with Gasteiger partial charge in [0.05, 0.1) is 22.1 Å². The number of aromatic nitrogens is 2. The fraction of sp³-hybridized carbons (Fsp3) is 0. The van der Waals surface area contributed by atoms with Crippen LogP contribution in [0.3, 0.4) is 0 Å². The maximum Gasteiger partial charge on any atom is 0.0547 e. The standard InChI is InChI=1S/C42H28N2/c1-3-11-29(12-4-1)30-19-23-34(24-20-30)44-39-17-9-7-15-35(39)37-25-21-32(28-42(37)44)31-22-26-41-38(27-31)36-16-8-10-18-40(36)43(41)33-13-5-2-6-14-33/h1-28H. The third-order valence-corrected chi connectivity index (χ3v) is 8.93. The molecule has 0 aliphatic heterocycles. The Bertz CT molecular complexity index is 2460.